The number of likely N-dealkylation sites (N-methyl/N-ethyl adjacent to an activating group) is 1. The van der Waals surface area contributed by atoms with E-state index in [4.69, 9.17) is 11.6 Å². The van der Waals surface area contributed by atoms with Gasteiger partial charge in [-0.2, -0.15) is 0 Å². The number of halogens is 1. The average Bonchev–Trinajstić information content (AvgIpc) is 3.06. The monoisotopic (exact) mass is 343 g/mol. The molecule has 0 spiro atoms. The van der Waals surface area contributed by atoms with Crippen LogP contribution in [0.15, 0.2) is 48.7 Å². The highest BCUT2D eigenvalue weighted by atomic mass is 35.5. The normalized spacial score (nSPS) is 17.5. The molecule has 0 bridgehead atoms. The Morgan fingerprint density at radius 3 is 2.83 bits per heavy atom. The summed E-state index contributed by atoms with van der Waals surface area (Å²) < 4.78 is 0. The van der Waals surface area contributed by atoms with Crippen molar-refractivity contribution in [3.05, 3.63) is 64.9 Å². The van der Waals surface area contributed by atoms with E-state index in [1.807, 2.05) is 53.2 Å². The second kappa shape index (κ2) is 7.77. The van der Waals surface area contributed by atoms with Gasteiger partial charge in [-0.15, -0.1) is 0 Å². The van der Waals surface area contributed by atoms with Gasteiger partial charge in [-0.25, -0.2) is 0 Å². The van der Waals surface area contributed by atoms with Crippen molar-refractivity contribution in [3.63, 3.8) is 0 Å². The van der Waals surface area contributed by atoms with E-state index in [-0.39, 0.29) is 5.91 Å². The molecule has 0 aliphatic carbocycles. The van der Waals surface area contributed by atoms with Crippen LogP contribution in [0.2, 0.25) is 5.02 Å². The zero-order valence-corrected chi connectivity index (χ0v) is 14.6. The molecular formula is C19H22ClN3O. The van der Waals surface area contributed by atoms with Gasteiger partial charge in [0.25, 0.3) is 0 Å². The zero-order valence-electron chi connectivity index (χ0n) is 13.9. The molecule has 1 aromatic heterocycles. The lowest BCUT2D eigenvalue weighted by atomic mass is 9.98. The van der Waals surface area contributed by atoms with Gasteiger partial charge in [0.2, 0.25) is 5.91 Å². The topological polar surface area (TPSA) is 36.4 Å². The Kier molecular flexibility index (Phi) is 5.48. The molecule has 0 N–H and O–H groups in total. The Hall–Kier alpha value is -1.91. The Morgan fingerprint density at radius 1 is 1.29 bits per heavy atom. The summed E-state index contributed by atoms with van der Waals surface area (Å²) in [6, 6.07) is 13.8. The maximum absolute atomic E-state index is 12.5. The highest BCUT2D eigenvalue weighted by Gasteiger charge is 2.28. The third-order valence-corrected chi connectivity index (χ3v) is 4.79. The fourth-order valence-electron chi connectivity index (χ4n) is 3.20. The number of rotatable bonds is 5. The second-order valence-corrected chi connectivity index (χ2v) is 6.75. The summed E-state index contributed by atoms with van der Waals surface area (Å²) in [6.45, 7) is 2.63. The van der Waals surface area contributed by atoms with E-state index in [0.717, 1.165) is 35.8 Å². The molecule has 4 nitrogen and oxygen atoms in total. The average molecular weight is 344 g/mol. The van der Waals surface area contributed by atoms with Crippen molar-refractivity contribution in [3.8, 4) is 0 Å². The molecule has 5 heteroatoms. The van der Waals surface area contributed by atoms with Crippen molar-refractivity contribution in [2.75, 3.05) is 26.7 Å². The summed E-state index contributed by atoms with van der Waals surface area (Å²) in [6.07, 6.45) is 2.75. The maximum Gasteiger partial charge on any atom is 0.236 e. The van der Waals surface area contributed by atoms with Crippen LogP contribution in [0.5, 0.6) is 0 Å². The molecule has 1 saturated heterocycles. The smallest absolute Gasteiger partial charge is 0.236 e. The Morgan fingerprint density at radius 2 is 2.08 bits per heavy atom. The predicted molar refractivity (Wildman–Crippen MR) is 96.0 cm³/mol. The molecule has 2 heterocycles. The third kappa shape index (κ3) is 4.13. The molecule has 3 rings (SSSR count). The van der Waals surface area contributed by atoms with Crippen molar-refractivity contribution >= 4 is 17.5 Å². The van der Waals surface area contributed by atoms with Crippen molar-refractivity contribution in [2.45, 2.75) is 18.9 Å². The summed E-state index contributed by atoms with van der Waals surface area (Å²) in [4.78, 5) is 20.8. The molecule has 2 aromatic rings. The van der Waals surface area contributed by atoms with Crippen LogP contribution in [0.3, 0.4) is 0 Å². The van der Waals surface area contributed by atoms with Crippen molar-refractivity contribution in [1.82, 2.24) is 14.8 Å². The standard InChI is InChI=1S/C19H22ClN3O/c1-22(13-16-6-4-5-10-21-16)14-19(24)23-11-9-15(12-23)17-7-2-3-8-18(17)20/h2-8,10,15H,9,11-14H2,1H3/t15-/m0/s1. The van der Waals surface area contributed by atoms with Crippen molar-refractivity contribution < 1.29 is 4.79 Å². The second-order valence-electron chi connectivity index (χ2n) is 6.34. The van der Waals surface area contributed by atoms with E-state index in [0.29, 0.717) is 19.0 Å². The number of carbonyl (C=O) groups is 1. The van der Waals surface area contributed by atoms with Crippen molar-refractivity contribution in [2.24, 2.45) is 0 Å². The van der Waals surface area contributed by atoms with Gasteiger partial charge >= 0.3 is 0 Å². The van der Waals surface area contributed by atoms with Crippen LogP contribution in [-0.2, 0) is 11.3 Å². The minimum Gasteiger partial charge on any atom is -0.341 e. The highest BCUT2D eigenvalue weighted by molar-refractivity contribution is 6.31. The molecule has 1 fully saturated rings. The first-order valence-electron chi connectivity index (χ1n) is 8.24. The van der Waals surface area contributed by atoms with Gasteiger partial charge in [0.15, 0.2) is 0 Å². The Balaban J connectivity index is 1.54. The first-order valence-corrected chi connectivity index (χ1v) is 8.62. The number of amides is 1. The molecule has 1 atom stereocenters. The van der Waals surface area contributed by atoms with Crippen LogP contribution in [0.25, 0.3) is 0 Å². The van der Waals surface area contributed by atoms with Gasteiger partial charge in [0, 0.05) is 36.8 Å². The van der Waals surface area contributed by atoms with E-state index in [2.05, 4.69) is 11.1 Å². The molecule has 0 unspecified atom stereocenters. The molecule has 1 aliphatic rings. The van der Waals surface area contributed by atoms with Crippen LogP contribution >= 0.6 is 11.6 Å². The maximum atomic E-state index is 12.5. The molecule has 1 aliphatic heterocycles. The van der Waals surface area contributed by atoms with Gasteiger partial charge in [0.1, 0.15) is 0 Å². The first-order chi connectivity index (χ1) is 11.6. The quantitative estimate of drug-likeness (QED) is 0.836. The van der Waals surface area contributed by atoms with E-state index in [1.165, 1.54) is 0 Å². The van der Waals surface area contributed by atoms with Gasteiger partial charge in [-0.1, -0.05) is 35.9 Å². The summed E-state index contributed by atoms with van der Waals surface area (Å²) >= 11 is 6.29. The molecule has 24 heavy (non-hydrogen) atoms. The minimum atomic E-state index is 0.169. The number of aromatic nitrogens is 1. The molecular weight excluding hydrogens is 322 g/mol. The number of benzene rings is 1. The lowest BCUT2D eigenvalue weighted by Gasteiger charge is -2.21. The van der Waals surface area contributed by atoms with E-state index in [1.54, 1.807) is 6.20 Å². The number of hydrogen-bond donors (Lipinski definition) is 0. The summed E-state index contributed by atoms with van der Waals surface area (Å²) in [5.41, 5.74) is 2.12. The predicted octanol–water partition coefficient (Wildman–Crippen LogP) is 3.18. The van der Waals surface area contributed by atoms with E-state index in [9.17, 15) is 4.79 Å². The van der Waals surface area contributed by atoms with E-state index < -0.39 is 0 Å². The van der Waals surface area contributed by atoms with Gasteiger partial charge < -0.3 is 4.90 Å². The minimum absolute atomic E-state index is 0.169. The van der Waals surface area contributed by atoms with Crippen LogP contribution < -0.4 is 0 Å². The zero-order chi connectivity index (χ0) is 16.9. The van der Waals surface area contributed by atoms with Crippen LogP contribution in [0.1, 0.15) is 23.6 Å². The van der Waals surface area contributed by atoms with Gasteiger partial charge in [0.05, 0.1) is 12.2 Å². The third-order valence-electron chi connectivity index (χ3n) is 4.45. The van der Waals surface area contributed by atoms with Crippen molar-refractivity contribution in [1.29, 1.82) is 0 Å². The Labute approximate surface area is 148 Å². The SMILES string of the molecule is CN(CC(=O)N1CC[C@H](c2ccccc2Cl)C1)Cc1ccccn1. The molecule has 1 aromatic carbocycles. The lowest BCUT2D eigenvalue weighted by molar-refractivity contribution is -0.131. The van der Waals surface area contributed by atoms with E-state index >= 15 is 0 Å². The molecule has 0 saturated carbocycles. The van der Waals surface area contributed by atoms with Crippen LogP contribution in [0.4, 0.5) is 0 Å². The number of hydrogen-bond acceptors (Lipinski definition) is 3. The fraction of sp³-hybridized carbons (Fsp3) is 0.368. The number of pyridine rings is 1. The summed E-state index contributed by atoms with van der Waals surface area (Å²) in [5, 5.41) is 0.795. The van der Waals surface area contributed by atoms with Gasteiger partial charge in [-0.05, 0) is 37.2 Å². The largest absolute Gasteiger partial charge is 0.341 e. The molecule has 126 valence electrons. The summed E-state index contributed by atoms with van der Waals surface area (Å²) in [5.74, 6) is 0.506. The Bertz CT molecular complexity index is 692. The van der Waals surface area contributed by atoms with Crippen LogP contribution in [0, 0.1) is 0 Å². The number of carbonyl (C=O) groups excluding carboxylic acids is 1. The summed E-state index contributed by atoms with van der Waals surface area (Å²) in [7, 11) is 1.95. The highest BCUT2D eigenvalue weighted by Crippen LogP contribution is 2.31. The molecule has 1 amide bonds. The van der Waals surface area contributed by atoms with Gasteiger partial charge in [-0.3, -0.25) is 14.7 Å². The lowest BCUT2D eigenvalue weighted by Crippen LogP contribution is -2.37. The number of likely N-dealkylation sites (tertiary alicyclic amines) is 1. The number of nitrogens with zero attached hydrogens (tertiary/aromatic N) is 3. The fourth-order valence-corrected chi connectivity index (χ4v) is 3.49. The first kappa shape index (κ1) is 16.9. The molecule has 0 radical (unpaired) electrons. The van der Waals surface area contributed by atoms with Crippen LogP contribution in [-0.4, -0.2) is 47.4 Å².